The zero-order chi connectivity index (χ0) is 24.4. The summed E-state index contributed by atoms with van der Waals surface area (Å²) in [5.74, 6) is 2.24. The average Bonchev–Trinajstić information content (AvgIpc) is 3.33. The van der Waals surface area contributed by atoms with Crippen molar-refractivity contribution in [3.8, 4) is 28.5 Å². The van der Waals surface area contributed by atoms with Crippen molar-refractivity contribution in [2.24, 2.45) is 0 Å². The number of para-hydroxylation sites is 2. The van der Waals surface area contributed by atoms with Gasteiger partial charge in [-0.1, -0.05) is 35.9 Å². The maximum absolute atomic E-state index is 6.47. The van der Waals surface area contributed by atoms with Crippen molar-refractivity contribution in [3.05, 3.63) is 77.6 Å². The highest BCUT2D eigenvalue weighted by atomic mass is 35.5. The molecule has 0 saturated heterocycles. The molecule has 0 atom stereocenters. The van der Waals surface area contributed by atoms with Crippen LogP contribution in [0.4, 0.5) is 11.5 Å². The van der Waals surface area contributed by atoms with E-state index in [9.17, 15) is 0 Å². The van der Waals surface area contributed by atoms with Crippen LogP contribution in [0.5, 0.6) is 5.75 Å². The number of rotatable bonds is 7. The third-order valence-electron chi connectivity index (χ3n) is 5.30. The Kier molecular flexibility index (Phi) is 6.31. The number of halogens is 1. The lowest BCUT2D eigenvalue weighted by molar-refractivity contribution is 0.344. The lowest BCUT2D eigenvalue weighted by Crippen LogP contribution is -2.10. The summed E-state index contributed by atoms with van der Waals surface area (Å²) in [7, 11) is 5.51. The minimum Gasteiger partial charge on any atom is -0.497 e. The van der Waals surface area contributed by atoms with Crippen LogP contribution < -0.4 is 10.1 Å². The molecule has 0 unspecified atom stereocenters. The van der Waals surface area contributed by atoms with Crippen LogP contribution in [0.1, 0.15) is 5.89 Å². The van der Waals surface area contributed by atoms with E-state index in [1.807, 2.05) is 73.6 Å². The van der Waals surface area contributed by atoms with E-state index in [1.54, 1.807) is 19.2 Å². The number of nitrogens with one attached hydrogen (secondary N) is 1. The number of methoxy groups -OCH3 is 1. The van der Waals surface area contributed by atoms with Gasteiger partial charge in [-0.05, 0) is 50.5 Å². The van der Waals surface area contributed by atoms with Gasteiger partial charge in [0, 0.05) is 17.2 Å². The minimum absolute atomic E-state index is 0.447. The van der Waals surface area contributed by atoms with Crippen LogP contribution in [0.2, 0.25) is 5.02 Å². The van der Waals surface area contributed by atoms with E-state index in [2.05, 4.69) is 15.5 Å². The molecule has 0 fully saturated rings. The van der Waals surface area contributed by atoms with Crippen LogP contribution in [-0.2, 0) is 6.54 Å². The van der Waals surface area contributed by atoms with Crippen LogP contribution >= 0.6 is 11.6 Å². The van der Waals surface area contributed by atoms with Gasteiger partial charge < -0.3 is 19.4 Å². The first-order valence-corrected chi connectivity index (χ1v) is 11.3. The molecule has 0 aliphatic carbocycles. The lowest BCUT2D eigenvalue weighted by atomic mass is 10.1. The zero-order valence-electron chi connectivity index (χ0n) is 19.5. The molecular weight excluding hydrogens is 464 g/mol. The Morgan fingerprint density at radius 3 is 2.46 bits per heavy atom. The molecule has 0 aliphatic rings. The normalized spacial score (nSPS) is 11.2. The Bertz CT molecular complexity index is 1500. The second-order valence-corrected chi connectivity index (χ2v) is 8.61. The Morgan fingerprint density at radius 1 is 0.914 bits per heavy atom. The Labute approximate surface area is 207 Å². The van der Waals surface area contributed by atoms with E-state index >= 15 is 0 Å². The van der Waals surface area contributed by atoms with Crippen molar-refractivity contribution in [2.75, 3.05) is 26.5 Å². The van der Waals surface area contributed by atoms with Gasteiger partial charge in [-0.3, -0.25) is 0 Å². The van der Waals surface area contributed by atoms with E-state index in [0.717, 1.165) is 22.2 Å². The molecule has 8 nitrogen and oxygen atoms in total. The highest BCUT2D eigenvalue weighted by Crippen LogP contribution is 2.35. The monoisotopic (exact) mass is 486 g/mol. The number of anilines is 2. The summed E-state index contributed by atoms with van der Waals surface area (Å²) in [4.78, 5) is 11.7. The molecule has 0 amide bonds. The minimum atomic E-state index is 0.447. The SMILES string of the molecule is COc1ccc(Cl)c(Nc2nc3ccccc3nc2-c2cccc(-c3nnc(CN(C)C)o3)c2)c1. The summed E-state index contributed by atoms with van der Waals surface area (Å²) in [6.45, 7) is 0.568. The maximum atomic E-state index is 6.47. The Hall–Kier alpha value is -4.01. The predicted molar refractivity (Wildman–Crippen MR) is 137 cm³/mol. The quantitative estimate of drug-likeness (QED) is 0.308. The molecule has 9 heteroatoms. The summed E-state index contributed by atoms with van der Waals surface area (Å²) in [6, 6.07) is 20.9. The van der Waals surface area contributed by atoms with Gasteiger partial charge in [0.25, 0.3) is 0 Å². The third-order valence-corrected chi connectivity index (χ3v) is 5.63. The van der Waals surface area contributed by atoms with Crippen molar-refractivity contribution in [1.29, 1.82) is 0 Å². The second kappa shape index (κ2) is 9.69. The van der Waals surface area contributed by atoms with Crippen LogP contribution in [0.15, 0.2) is 71.1 Å². The number of benzene rings is 3. The van der Waals surface area contributed by atoms with Crippen LogP contribution in [0.25, 0.3) is 33.7 Å². The highest BCUT2D eigenvalue weighted by Gasteiger charge is 2.16. The smallest absolute Gasteiger partial charge is 0.247 e. The molecule has 0 spiro atoms. The van der Waals surface area contributed by atoms with Crippen molar-refractivity contribution in [3.63, 3.8) is 0 Å². The van der Waals surface area contributed by atoms with Crippen molar-refractivity contribution < 1.29 is 9.15 Å². The number of hydrogen-bond donors (Lipinski definition) is 1. The zero-order valence-corrected chi connectivity index (χ0v) is 20.2. The van der Waals surface area contributed by atoms with Gasteiger partial charge in [0.05, 0.1) is 35.4 Å². The Morgan fingerprint density at radius 2 is 1.69 bits per heavy atom. The molecular formula is C26H23ClN6O2. The van der Waals surface area contributed by atoms with E-state index in [1.165, 1.54) is 0 Å². The van der Waals surface area contributed by atoms with E-state index in [0.29, 0.717) is 46.3 Å². The largest absolute Gasteiger partial charge is 0.497 e. The fraction of sp³-hybridized carbons (Fsp3) is 0.154. The molecule has 2 aromatic heterocycles. The predicted octanol–water partition coefficient (Wildman–Crippen LogP) is 5.81. The second-order valence-electron chi connectivity index (χ2n) is 8.20. The highest BCUT2D eigenvalue weighted by molar-refractivity contribution is 6.33. The molecule has 0 aliphatic heterocycles. The van der Waals surface area contributed by atoms with Gasteiger partial charge in [0.1, 0.15) is 11.4 Å². The van der Waals surface area contributed by atoms with Crippen molar-refractivity contribution in [2.45, 2.75) is 6.54 Å². The number of ether oxygens (including phenoxy) is 1. The van der Waals surface area contributed by atoms with Crippen molar-refractivity contribution in [1.82, 2.24) is 25.1 Å². The molecule has 176 valence electrons. The van der Waals surface area contributed by atoms with Gasteiger partial charge in [-0.15, -0.1) is 10.2 Å². The van der Waals surface area contributed by atoms with E-state index < -0.39 is 0 Å². The fourth-order valence-electron chi connectivity index (χ4n) is 3.65. The molecule has 5 rings (SSSR count). The molecule has 0 bridgehead atoms. The number of hydrogen-bond acceptors (Lipinski definition) is 8. The standard InChI is InChI=1S/C26H23ClN6O2/c1-33(2)15-23-31-32-26(35-23)17-8-6-7-16(13-17)24-25(29-21-10-5-4-9-20(21)28-24)30-22-14-18(34-3)11-12-19(22)27/h4-14H,15H2,1-3H3,(H,29,30). The fourth-order valence-corrected chi connectivity index (χ4v) is 3.81. The first-order valence-electron chi connectivity index (χ1n) is 11.0. The third kappa shape index (κ3) is 4.94. The van der Waals surface area contributed by atoms with Crippen molar-refractivity contribution >= 4 is 34.1 Å². The summed E-state index contributed by atoms with van der Waals surface area (Å²) in [5.41, 5.74) is 4.51. The number of nitrogens with zero attached hydrogens (tertiary/aromatic N) is 5. The summed E-state index contributed by atoms with van der Waals surface area (Å²) < 4.78 is 11.2. The van der Waals surface area contributed by atoms with Gasteiger partial charge in [-0.2, -0.15) is 0 Å². The molecule has 35 heavy (non-hydrogen) atoms. The first kappa shape index (κ1) is 22.8. The van der Waals surface area contributed by atoms with Crippen LogP contribution in [-0.4, -0.2) is 46.3 Å². The average molecular weight is 487 g/mol. The maximum Gasteiger partial charge on any atom is 0.247 e. The van der Waals surface area contributed by atoms with E-state index in [4.69, 9.17) is 30.7 Å². The summed E-state index contributed by atoms with van der Waals surface area (Å²) >= 11 is 6.47. The summed E-state index contributed by atoms with van der Waals surface area (Å²) in [5, 5.41) is 12.3. The van der Waals surface area contributed by atoms with Gasteiger partial charge >= 0.3 is 0 Å². The molecule has 5 aromatic rings. The number of aromatic nitrogens is 4. The first-order chi connectivity index (χ1) is 17.0. The molecule has 3 aromatic carbocycles. The van der Waals surface area contributed by atoms with Crippen LogP contribution in [0, 0.1) is 0 Å². The molecule has 1 N–H and O–H groups in total. The topological polar surface area (TPSA) is 89.2 Å². The lowest BCUT2D eigenvalue weighted by Gasteiger charge is -2.14. The van der Waals surface area contributed by atoms with Gasteiger partial charge in [0.2, 0.25) is 11.8 Å². The molecule has 0 radical (unpaired) electrons. The molecule has 0 saturated carbocycles. The molecule has 2 heterocycles. The van der Waals surface area contributed by atoms with Gasteiger partial charge in [-0.25, -0.2) is 9.97 Å². The van der Waals surface area contributed by atoms with Crippen LogP contribution in [0.3, 0.4) is 0 Å². The van der Waals surface area contributed by atoms with Gasteiger partial charge in [0.15, 0.2) is 5.82 Å². The summed E-state index contributed by atoms with van der Waals surface area (Å²) in [6.07, 6.45) is 0. The Balaban J connectivity index is 1.59. The number of fused-ring (bicyclic) bond motifs is 1. The van der Waals surface area contributed by atoms with E-state index in [-0.39, 0.29) is 0 Å².